The highest BCUT2D eigenvalue weighted by molar-refractivity contribution is 6.88. The van der Waals surface area contributed by atoms with Crippen molar-refractivity contribution in [2.45, 2.75) is 39.2 Å². The fourth-order valence-corrected chi connectivity index (χ4v) is 12.2. The summed E-state index contributed by atoms with van der Waals surface area (Å²) in [6.45, 7) is 12.0. The van der Waals surface area contributed by atoms with E-state index in [1.807, 2.05) is 0 Å². The van der Waals surface area contributed by atoms with Crippen LogP contribution in [-0.4, -0.2) is 12.6 Å². The summed E-state index contributed by atoms with van der Waals surface area (Å²) < 4.78 is 15.0. The monoisotopic (exact) mass is 751 g/mol. The quantitative estimate of drug-likeness (QED) is 0.130. The van der Waals surface area contributed by atoms with Crippen LogP contribution >= 0.6 is 0 Å². The second-order valence-electron chi connectivity index (χ2n) is 17.1. The van der Waals surface area contributed by atoms with Gasteiger partial charge in [-0.3, -0.25) is 0 Å². The molecule has 0 fully saturated rings. The maximum atomic E-state index is 7.11. The van der Waals surface area contributed by atoms with Crippen molar-refractivity contribution < 1.29 is 13.6 Å². The molecule has 1 unspecified atom stereocenters. The second kappa shape index (κ2) is 11.3. The van der Waals surface area contributed by atoms with Crippen molar-refractivity contribution in [3.05, 3.63) is 180 Å². The minimum absolute atomic E-state index is 0.737. The van der Waals surface area contributed by atoms with Crippen LogP contribution in [0.5, 0.6) is 0 Å². The molecule has 272 valence electrons. The Labute approximate surface area is 332 Å². The lowest BCUT2D eigenvalue weighted by Crippen LogP contribution is -2.72. The van der Waals surface area contributed by atoms with Gasteiger partial charge in [-0.2, -0.15) is 4.57 Å². The summed E-state index contributed by atoms with van der Waals surface area (Å²) in [5.74, 6) is 1.12. The number of nitrogens with zero attached hydrogens (tertiary/aromatic N) is 3. The SMILES string of the molecule is Cc1ccc2c(c1)C1(c3ccc4c(oc5ccccc54)c3-c3n(-c4c(-c5ccccc5)ccc5ccccc45)c4ccccc4[n+]31)[n+]1cc([Si](C)(C)C)c(C)cc1-2. The number of rotatable bonds is 3. The summed E-state index contributed by atoms with van der Waals surface area (Å²) in [6.07, 6.45) is 2.53. The van der Waals surface area contributed by atoms with Crippen molar-refractivity contribution >= 4 is 57.0 Å². The van der Waals surface area contributed by atoms with Gasteiger partial charge >= 0.3 is 11.5 Å². The summed E-state index contributed by atoms with van der Waals surface area (Å²) in [7, 11) is -1.78. The molecule has 0 amide bonds. The van der Waals surface area contributed by atoms with E-state index in [1.165, 1.54) is 71.8 Å². The average Bonchev–Trinajstić information content (AvgIpc) is 3.93. The lowest BCUT2D eigenvalue weighted by atomic mass is 9.88. The Hall–Kier alpha value is -6.56. The third-order valence-electron chi connectivity index (χ3n) is 12.7. The number of para-hydroxylation sites is 3. The van der Waals surface area contributed by atoms with E-state index in [0.29, 0.717) is 0 Å². The third kappa shape index (κ3) is 4.16. The van der Waals surface area contributed by atoms with Gasteiger partial charge in [-0.05, 0) is 78.9 Å². The van der Waals surface area contributed by atoms with Gasteiger partial charge in [-0.25, -0.2) is 0 Å². The number of aromatic nitrogens is 3. The van der Waals surface area contributed by atoms with Crippen LogP contribution in [0.2, 0.25) is 19.6 Å². The van der Waals surface area contributed by atoms with Crippen LogP contribution in [0, 0.1) is 13.8 Å². The number of pyridine rings is 1. The molecule has 0 saturated carbocycles. The Kier molecular flexibility index (Phi) is 6.46. The number of fused-ring (bicyclic) bond motifs is 17. The molecule has 5 heteroatoms. The molecule has 2 aliphatic rings. The highest BCUT2D eigenvalue weighted by Gasteiger charge is 2.67. The van der Waals surface area contributed by atoms with Gasteiger partial charge < -0.3 is 4.42 Å². The first kappa shape index (κ1) is 32.7. The van der Waals surface area contributed by atoms with Gasteiger partial charge in [0.15, 0.2) is 22.8 Å². The zero-order chi connectivity index (χ0) is 38.4. The van der Waals surface area contributed by atoms with E-state index in [-0.39, 0.29) is 0 Å². The van der Waals surface area contributed by atoms with Crippen LogP contribution in [0.4, 0.5) is 0 Å². The molecule has 1 spiro atoms. The standard InChI is InChI=1S/C52H41N3OSi/c1-32-23-25-40-42(29-32)52(53-31-47(57(3,4)5)33(2)30-45(40)53)41-28-27-39-38-19-11-14-22-46(38)56-50(39)48(41)51-54(43-20-12-13-21-44(43)55(51)52)49-36-18-10-9-17-35(36)24-26-37(49)34-15-7-6-8-16-34/h6-31H,1-5H3/q+2. The summed E-state index contributed by atoms with van der Waals surface area (Å²) in [5.41, 5.74) is 15.7. The van der Waals surface area contributed by atoms with E-state index < -0.39 is 13.7 Å². The van der Waals surface area contributed by atoms with E-state index in [2.05, 4.69) is 205 Å². The van der Waals surface area contributed by atoms with Gasteiger partial charge in [-0.15, -0.1) is 9.13 Å². The van der Waals surface area contributed by atoms with Crippen molar-refractivity contribution in [2.24, 2.45) is 0 Å². The minimum Gasteiger partial charge on any atom is -0.455 e. The van der Waals surface area contributed by atoms with Gasteiger partial charge in [0, 0.05) is 33.0 Å². The van der Waals surface area contributed by atoms with Gasteiger partial charge in [0.05, 0.1) is 24.8 Å². The van der Waals surface area contributed by atoms with Crippen molar-refractivity contribution in [3.8, 4) is 39.5 Å². The summed E-state index contributed by atoms with van der Waals surface area (Å²) in [6, 6.07) is 56.1. The zero-order valence-corrected chi connectivity index (χ0v) is 33.8. The van der Waals surface area contributed by atoms with Gasteiger partial charge in [0.2, 0.25) is 5.69 Å². The number of aryl methyl sites for hydroxylation is 2. The molecule has 0 aliphatic carbocycles. The molecule has 5 heterocycles. The number of hydrogen-bond donors (Lipinski definition) is 0. The molecule has 2 aliphatic heterocycles. The lowest BCUT2D eigenvalue weighted by Gasteiger charge is -2.23. The zero-order valence-electron chi connectivity index (χ0n) is 32.8. The molecule has 0 N–H and O–H groups in total. The predicted octanol–water partition coefficient (Wildman–Crippen LogP) is 11.3. The van der Waals surface area contributed by atoms with Crippen molar-refractivity contribution in [1.82, 2.24) is 4.57 Å². The molecule has 0 radical (unpaired) electrons. The minimum atomic E-state index is -1.78. The van der Waals surface area contributed by atoms with E-state index in [1.54, 1.807) is 0 Å². The van der Waals surface area contributed by atoms with Crippen LogP contribution in [0.25, 0.3) is 83.2 Å². The average molecular weight is 752 g/mol. The van der Waals surface area contributed by atoms with Gasteiger partial charge in [-0.1, -0.05) is 122 Å². The Morgan fingerprint density at radius 3 is 2.21 bits per heavy atom. The normalized spacial score (nSPS) is 15.5. The van der Waals surface area contributed by atoms with Crippen LogP contribution in [0.15, 0.2) is 162 Å². The van der Waals surface area contributed by atoms with E-state index in [4.69, 9.17) is 4.42 Å². The smallest absolute Gasteiger partial charge is 0.364 e. The summed E-state index contributed by atoms with van der Waals surface area (Å²) >= 11 is 0. The van der Waals surface area contributed by atoms with Gasteiger partial charge in [0.25, 0.3) is 0 Å². The molecular formula is C52H41N3OSi+2. The van der Waals surface area contributed by atoms with Crippen LogP contribution in [0.3, 0.4) is 0 Å². The molecular weight excluding hydrogens is 711 g/mol. The Morgan fingerprint density at radius 2 is 1.37 bits per heavy atom. The van der Waals surface area contributed by atoms with Crippen molar-refractivity contribution in [1.29, 1.82) is 0 Å². The van der Waals surface area contributed by atoms with Crippen LogP contribution in [0.1, 0.15) is 22.3 Å². The molecule has 1 atom stereocenters. The molecule has 57 heavy (non-hydrogen) atoms. The summed E-state index contributed by atoms with van der Waals surface area (Å²) in [4.78, 5) is 0. The molecule has 3 aromatic heterocycles. The topological polar surface area (TPSA) is 25.8 Å². The van der Waals surface area contributed by atoms with Gasteiger partial charge in [0.1, 0.15) is 16.8 Å². The number of benzene rings is 7. The first-order valence-corrected chi connectivity index (χ1v) is 23.5. The number of imidazole rings is 1. The Bertz CT molecular complexity index is 3370. The fraction of sp³-hybridized carbons (Fsp3) is 0.115. The van der Waals surface area contributed by atoms with Crippen molar-refractivity contribution in [2.75, 3.05) is 0 Å². The highest BCUT2D eigenvalue weighted by atomic mass is 28.3. The molecule has 7 aromatic carbocycles. The van der Waals surface area contributed by atoms with E-state index in [9.17, 15) is 0 Å². The van der Waals surface area contributed by atoms with E-state index in [0.717, 1.165) is 38.8 Å². The first-order chi connectivity index (χ1) is 27.7. The van der Waals surface area contributed by atoms with Crippen molar-refractivity contribution in [3.63, 3.8) is 0 Å². The second-order valence-corrected chi connectivity index (χ2v) is 22.1. The maximum Gasteiger partial charge on any atom is 0.364 e. The highest BCUT2D eigenvalue weighted by Crippen LogP contribution is 2.53. The number of hydrogen-bond acceptors (Lipinski definition) is 1. The Balaban J connectivity index is 1.36. The van der Waals surface area contributed by atoms with Crippen LogP contribution < -0.4 is 14.3 Å². The first-order valence-electron chi connectivity index (χ1n) is 20.0. The number of furan rings is 1. The lowest BCUT2D eigenvalue weighted by molar-refractivity contribution is -0.944. The maximum absolute atomic E-state index is 7.11. The Morgan fingerprint density at radius 1 is 0.632 bits per heavy atom. The largest absolute Gasteiger partial charge is 0.455 e. The predicted molar refractivity (Wildman–Crippen MR) is 235 cm³/mol. The third-order valence-corrected chi connectivity index (χ3v) is 14.9. The van der Waals surface area contributed by atoms with E-state index >= 15 is 0 Å². The van der Waals surface area contributed by atoms with Crippen LogP contribution in [-0.2, 0) is 5.66 Å². The molecule has 0 bridgehead atoms. The fourth-order valence-electron chi connectivity index (χ4n) is 10.4. The molecule has 12 rings (SSSR count). The summed E-state index contributed by atoms with van der Waals surface area (Å²) in [5, 5.41) is 6.14. The molecule has 4 nitrogen and oxygen atoms in total. The molecule has 10 aromatic rings. The molecule has 0 saturated heterocycles.